The second-order valence-electron chi connectivity index (χ2n) is 3.33. The van der Waals surface area contributed by atoms with E-state index in [-0.39, 0.29) is 12.4 Å². The fourth-order valence-electron chi connectivity index (χ4n) is 1.19. The van der Waals surface area contributed by atoms with Gasteiger partial charge in [-0.2, -0.15) is 0 Å². The maximum atomic E-state index is 11.3. The smallest absolute Gasteiger partial charge is 0.376 e. The lowest BCUT2D eigenvalue weighted by Crippen LogP contribution is -2.23. The number of esters is 1. The lowest BCUT2D eigenvalue weighted by atomic mass is 10.4. The van der Waals surface area contributed by atoms with Crippen molar-refractivity contribution in [2.24, 2.45) is 0 Å². The lowest BCUT2D eigenvalue weighted by molar-refractivity contribution is 0.0586. The van der Waals surface area contributed by atoms with Crippen LogP contribution in [-0.2, 0) is 4.74 Å². The molecule has 1 N–H and O–H groups in total. The van der Waals surface area contributed by atoms with Gasteiger partial charge >= 0.3 is 5.97 Å². The van der Waals surface area contributed by atoms with Crippen LogP contribution in [0.4, 0.5) is 5.82 Å². The van der Waals surface area contributed by atoms with Crippen molar-refractivity contribution >= 4 is 11.8 Å². The zero-order valence-corrected chi connectivity index (χ0v) is 9.60. The van der Waals surface area contributed by atoms with Gasteiger partial charge in [0.15, 0.2) is 0 Å². The van der Waals surface area contributed by atoms with Gasteiger partial charge in [-0.15, -0.1) is 0 Å². The van der Waals surface area contributed by atoms with E-state index in [0.717, 1.165) is 0 Å². The zero-order chi connectivity index (χ0) is 12.1. The Bertz CT molecular complexity index is 382. The van der Waals surface area contributed by atoms with Crippen molar-refractivity contribution in [2.45, 2.75) is 6.92 Å². The first kappa shape index (κ1) is 12.4. The van der Waals surface area contributed by atoms with E-state index < -0.39 is 5.97 Å². The van der Waals surface area contributed by atoms with Gasteiger partial charge in [-0.3, -0.25) is 0 Å². The number of anilines is 1. The summed E-state index contributed by atoms with van der Waals surface area (Å²) in [4.78, 5) is 21.0. The maximum Gasteiger partial charge on any atom is 0.376 e. The molecule has 1 aromatic heterocycles. The Hall–Kier alpha value is -1.69. The summed E-state index contributed by atoms with van der Waals surface area (Å²) in [5, 5.41) is 8.82. The number of aliphatic hydroxyl groups is 1. The van der Waals surface area contributed by atoms with Crippen molar-refractivity contribution < 1.29 is 14.6 Å². The number of rotatable bonds is 4. The molecule has 0 aliphatic carbocycles. The summed E-state index contributed by atoms with van der Waals surface area (Å²) >= 11 is 0. The molecule has 0 aliphatic rings. The highest BCUT2D eigenvalue weighted by atomic mass is 16.5. The van der Waals surface area contributed by atoms with E-state index in [1.165, 1.54) is 7.11 Å². The zero-order valence-electron chi connectivity index (χ0n) is 9.60. The Morgan fingerprint density at radius 2 is 2.25 bits per heavy atom. The van der Waals surface area contributed by atoms with Gasteiger partial charge < -0.3 is 14.7 Å². The molecule has 0 amide bonds. The number of aryl methyl sites for hydroxylation is 1. The molecule has 0 unspecified atom stereocenters. The second kappa shape index (κ2) is 5.41. The third-order valence-corrected chi connectivity index (χ3v) is 2.04. The number of ether oxygens (including phenoxy) is 1. The molecular weight excluding hydrogens is 210 g/mol. The molecule has 0 radical (unpaired) electrons. The van der Waals surface area contributed by atoms with Crippen molar-refractivity contribution in [1.29, 1.82) is 0 Å². The first-order chi connectivity index (χ1) is 7.58. The standard InChI is InChI=1S/C10H15N3O3/c1-7-6-8(13(2)4-5-14)12-9(11-7)10(15)16-3/h6,14H,4-5H2,1-3H3. The first-order valence-corrected chi connectivity index (χ1v) is 4.84. The minimum atomic E-state index is -0.567. The Morgan fingerprint density at radius 3 is 2.81 bits per heavy atom. The highest BCUT2D eigenvalue weighted by molar-refractivity contribution is 5.85. The number of likely N-dealkylation sites (N-methyl/N-ethyl adjacent to an activating group) is 1. The summed E-state index contributed by atoms with van der Waals surface area (Å²) in [7, 11) is 3.06. The molecule has 0 fully saturated rings. The van der Waals surface area contributed by atoms with Crippen LogP contribution in [0.25, 0.3) is 0 Å². The molecule has 0 bridgehead atoms. The van der Waals surface area contributed by atoms with Gasteiger partial charge in [-0.25, -0.2) is 14.8 Å². The molecule has 6 nitrogen and oxygen atoms in total. The molecule has 1 aromatic rings. The summed E-state index contributed by atoms with van der Waals surface area (Å²) in [5.41, 5.74) is 0.676. The number of methoxy groups -OCH3 is 1. The molecule has 0 aliphatic heterocycles. The summed E-state index contributed by atoms with van der Waals surface area (Å²) in [6.45, 7) is 2.23. The topological polar surface area (TPSA) is 75.5 Å². The lowest BCUT2D eigenvalue weighted by Gasteiger charge is -2.17. The van der Waals surface area contributed by atoms with Crippen molar-refractivity contribution in [3.05, 3.63) is 17.6 Å². The molecule has 88 valence electrons. The van der Waals surface area contributed by atoms with Crippen LogP contribution in [0.2, 0.25) is 0 Å². The molecule has 0 spiro atoms. The molecule has 16 heavy (non-hydrogen) atoms. The first-order valence-electron chi connectivity index (χ1n) is 4.84. The average Bonchev–Trinajstić information content (AvgIpc) is 2.27. The van der Waals surface area contributed by atoms with E-state index in [1.54, 1.807) is 24.9 Å². The van der Waals surface area contributed by atoms with Crippen molar-refractivity contribution in [3.63, 3.8) is 0 Å². The predicted molar refractivity (Wildman–Crippen MR) is 58.5 cm³/mol. The molecule has 0 aromatic carbocycles. The van der Waals surface area contributed by atoms with Crippen LogP contribution in [0.3, 0.4) is 0 Å². The van der Waals surface area contributed by atoms with Crippen LogP contribution in [0.15, 0.2) is 6.07 Å². The number of hydrogen-bond donors (Lipinski definition) is 1. The molecule has 0 saturated carbocycles. The minimum absolute atomic E-state index is 0.0209. The van der Waals surface area contributed by atoms with E-state index in [4.69, 9.17) is 5.11 Å². The van der Waals surface area contributed by atoms with Crippen LogP contribution >= 0.6 is 0 Å². The Labute approximate surface area is 93.9 Å². The average molecular weight is 225 g/mol. The fourth-order valence-corrected chi connectivity index (χ4v) is 1.19. The highest BCUT2D eigenvalue weighted by Gasteiger charge is 2.13. The van der Waals surface area contributed by atoms with Crippen LogP contribution < -0.4 is 4.90 Å². The Kier molecular flexibility index (Phi) is 4.19. The molecule has 0 atom stereocenters. The SMILES string of the molecule is COC(=O)c1nc(C)cc(N(C)CCO)n1. The largest absolute Gasteiger partial charge is 0.463 e. The highest BCUT2D eigenvalue weighted by Crippen LogP contribution is 2.10. The second-order valence-corrected chi connectivity index (χ2v) is 3.33. The van der Waals surface area contributed by atoms with Crippen LogP contribution in [0.1, 0.15) is 16.3 Å². The van der Waals surface area contributed by atoms with Gasteiger partial charge in [0.05, 0.1) is 13.7 Å². The van der Waals surface area contributed by atoms with Gasteiger partial charge in [-0.05, 0) is 6.92 Å². The Balaban J connectivity index is 3.02. The summed E-state index contributed by atoms with van der Waals surface area (Å²) in [6.07, 6.45) is 0. The van der Waals surface area contributed by atoms with Gasteiger partial charge in [0, 0.05) is 25.4 Å². The van der Waals surface area contributed by atoms with Crippen molar-refractivity contribution in [3.8, 4) is 0 Å². The van der Waals surface area contributed by atoms with Gasteiger partial charge in [0.1, 0.15) is 5.82 Å². The van der Waals surface area contributed by atoms with Crippen LogP contribution in [0.5, 0.6) is 0 Å². The third kappa shape index (κ3) is 2.90. The summed E-state index contributed by atoms with van der Waals surface area (Å²) < 4.78 is 4.55. The maximum absolute atomic E-state index is 11.3. The van der Waals surface area contributed by atoms with Crippen molar-refractivity contribution in [2.75, 3.05) is 32.2 Å². The molecule has 1 rings (SSSR count). The summed E-state index contributed by atoms with van der Waals surface area (Å²) in [5.74, 6) is 0.0478. The number of carbonyl (C=O) groups excluding carboxylic acids is 1. The number of nitrogens with zero attached hydrogens (tertiary/aromatic N) is 3. The predicted octanol–water partition coefficient (Wildman–Crippen LogP) is 0.000120. The molecule has 1 heterocycles. The van der Waals surface area contributed by atoms with E-state index in [2.05, 4.69) is 14.7 Å². The molecular formula is C10H15N3O3. The van der Waals surface area contributed by atoms with Crippen LogP contribution in [0, 0.1) is 6.92 Å². The number of aliphatic hydroxyl groups excluding tert-OH is 1. The van der Waals surface area contributed by atoms with Gasteiger partial charge in [-0.1, -0.05) is 0 Å². The Morgan fingerprint density at radius 1 is 1.56 bits per heavy atom. The minimum Gasteiger partial charge on any atom is -0.463 e. The van der Waals surface area contributed by atoms with Crippen LogP contribution in [-0.4, -0.2) is 48.4 Å². The van der Waals surface area contributed by atoms with E-state index in [1.807, 2.05) is 0 Å². The monoisotopic (exact) mass is 225 g/mol. The van der Waals surface area contributed by atoms with Crippen molar-refractivity contribution in [1.82, 2.24) is 9.97 Å². The quantitative estimate of drug-likeness (QED) is 0.727. The number of carbonyl (C=O) groups is 1. The van der Waals surface area contributed by atoms with E-state index in [0.29, 0.717) is 18.1 Å². The van der Waals surface area contributed by atoms with E-state index >= 15 is 0 Å². The fraction of sp³-hybridized carbons (Fsp3) is 0.500. The number of aromatic nitrogens is 2. The molecule has 6 heteroatoms. The summed E-state index contributed by atoms with van der Waals surface area (Å²) in [6, 6.07) is 1.74. The van der Waals surface area contributed by atoms with Gasteiger partial charge in [0.2, 0.25) is 5.82 Å². The third-order valence-electron chi connectivity index (χ3n) is 2.04. The van der Waals surface area contributed by atoms with E-state index in [9.17, 15) is 4.79 Å². The normalized spacial score (nSPS) is 10.0. The molecule has 0 saturated heterocycles. The number of hydrogen-bond acceptors (Lipinski definition) is 6. The van der Waals surface area contributed by atoms with Gasteiger partial charge in [0.25, 0.3) is 0 Å².